The zero-order valence-corrected chi connectivity index (χ0v) is 12.3. The number of hydrogen-bond donors (Lipinski definition) is 0. The molecule has 102 valence electrons. The highest BCUT2D eigenvalue weighted by Crippen LogP contribution is 2.30. The Morgan fingerprint density at radius 1 is 1.42 bits per heavy atom. The van der Waals surface area contributed by atoms with Crippen molar-refractivity contribution in [1.29, 1.82) is 0 Å². The third kappa shape index (κ3) is 2.48. The van der Waals surface area contributed by atoms with Crippen molar-refractivity contribution < 1.29 is 0 Å². The first-order chi connectivity index (χ1) is 9.15. The van der Waals surface area contributed by atoms with E-state index in [0.717, 1.165) is 35.0 Å². The maximum atomic E-state index is 6.29. The first kappa shape index (κ1) is 12.9. The van der Waals surface area contributed by atoms with E-state index in [1.54, 1.807) is 0 Å². The zero-order chi connectivity index (χ0) is 13.4. The lowest BCUT2D eigenvalue weighted by molar-refractivity contribution is 0.453. The number of aryl methyl sites for hydroxylation is 1. The summed E-state index contributed by atoms with van der Waals surface area (Å²) in [4.78, 5) is 9.25. The number of fused-ring (bicyclic) bond motifs is 1. The number of nitrogens with zero attached hydrogens (tertiary/aromatic N) is 3. The summed E-state index contributed by atoms with van der Waals surface area (Å²) < 4.78 is 2.24. The number of aromatic nitrogens is 3. The third-order valence-corrected chi connectivity index (χ3v) is 4.22. The molecule has 0 spiro atoms. The van der Waals surface area contributed by atoms with E-state index < -0.39 is 0 Å². The van der Waals surface area contributed by atoms with E-state index in [1.807, 2.05) is 20.0 Å². The number of imidazole rings is 1. The minimum atomic E-state index is -0.0732. The van der Waals surface area contributed by atoms with Gasteiger partial charge in [-0.1, -0.05) is 12.8 Å². The van der Waals surface area contributed by atoms with Crippen LogP contribution in [-0.2, 0) is 6.54 Å². The molecule has 19 heavy (non-hydrogen) atoms. The summed E-state index contributed by atoms with van der Waals surface area (Å²) in [7, 11) is 0. The molecule has 1 aliphatic carbocycles. The molecule has 0 saturated heterocycles. The number of alkyl halides is 1. The van der Waals surface area contributed by atoms with E-state index in [1.165, 1.54) is 25.7 Å². The monoisotopic (exact) mass is 277 g/mol. The highest BCUT2D eigenvalue weighted by molar-refractivity contribution is 6.20. The molecule has 1 fully saturated rings. The van der Waals surface area contributed by atoms with Crippen LogP contribution in [0.15, 0.2) is 12.3 Å². The summed E-state index contributed by atoms with van der Waals surface area (Å²) in [5.41, 5.74) is 3.10. The Hall–Kier alpha value is -1.09. The molecular weight excluding hydrogens is 258 g/mol. The molecule has 0 aliphatic heterocycles. The van der Waals surface area contributed by atoms with Crippen LogP contribution in [0.5, 0.6) is 0 Å². The predicted octanol–water partition coefficient (Wildman–Crippen LogP) is 4.23. The van der Waals surface area contributed by atoms with E-state index in [2.05, 4.69) is 20.6 Å². The van der Waals surface area contributed by atoms with Crippen LogP contribution in [0.2, 0.25) is 0 Å². The number of rotatable bonds is 3. The van der Waals surface area contributed by atoms with Gasteiger partial charge in [0.25, 0.3) is 0 Å². The van der Waals surface area contributed by atoms with Crippen LogP contribution >= 0.6 is 11.6 Å². The summed E-state index contributed by atoms with van der Waals surface area (Å²) >= 11 is 6.29. The molecule has 1 saturated carbocycles. The van der Waals surface area contributed by atoms with Crippen molar-refractivity contribution in [3.63, 3.8) is 0 Å². The molecule has 0 aromatic carbocycles. The average Bonchev–Trinajstić information content (AvgIpc) is 2.97. The van der Waals surface area contributed by atoms with Crippen molar-refractivity contribution >= 4 is 22.8 Å². The van der Waals surface area contributed by atoms with Crippen LogP contribution in [0.4, 0.5) is 0 Å². The van der Waals surface area contributed by atoms with Gasteiger partial charge in [0.1, 0.15) is 11.3 Å². The molecule has 2 aromatic heterocycles. The summed E-state index contributed by atoms with van der Waals surface area (Å²) in [6.07, 6.45) is 7.27. The normalized spacial score (nSPS) is 18.3. The van der Waals surface area contributed by atoms with Crippen molar-refractivity contribution in [2.24, 2.45) is 5.92 Å². The molecule has 1 atom stereocenters. The molecule has 4 heteroatoms. The molecule has 0 amide bonds. The van der Waals surface area contributed by atoms with Gasteiger partial charge < -0.3 is 4.57 Å². The maximum Gasteiger partial charge on any atom is 0.160 e. The van der Waals surface area contributed by atoms with Gasteiger partial charge in [0.2, 0.25) is 0 Å². The fourth-order valence-corrected chi connectivity index (χ4v) is 3.23. The van der Waals surface area contributed by atoms with E-state index in [0.29, 0.717) is 0 Å². The fraction of sp³-hybridized carbons (Fsp3) is 0.600. The Morgan fingerprint density at radius 2 is 2.16 bits per heavy atom. The van der Waals surface area contributed by atoms with Gasteiger partial charge in [0.05, 0.1) is 5.38 Å². The lowest BCUT2D eigenvalue weighted by atomic mass is 10.1. The quantitative estimate of drug-likeness (QED) is 0.786. The van der Waals surface area contributed by atoms with E-state index in [9.17, 15) is 0 Å². The number of hydrogen-bond acceptors (Lipinski definition) is 2. The summed E-state index contributed by atoms with van der Waals surface area (Å²) in [5, 5.41) is -0.0732. The Labute approximate surface area is 119 Å². The molecule has 1 aliphatic rings. The van der Waals surface area contributed by atoms with Crippen molar-refractivity contribution in [3.8, 4) is 0 Å². The van der Waals surface area contributed by atoms with Gasteiger partial charge in [-0.05, 0) is 44.2 Å². The first-order valence-electron chi connectivity index (χ1n) is 7.12. The Bertz CT molecular complexity index is 582. The fourth-order valence-electron chi connectivity index (χ4n) is 3.06. The molecule has 3 rings (SSSR count). The van der Waals surface area contributed by atoms with Crippen molar-refractivity contribution in [3.05, 3.63) is 23.7 Å². The van der Waals surface area contributed by atoms with Crippen molar-refractivity contribution in [2.45, 2.75) is 51.5 Å². The largest absolute Gasteiger partial charge is 0.311 e. The topological polar surface area (TPSA) is 30.7 Å². The smallest absolute Gasteiger partial charge is 0.160 e. The van der Waals surface area contributed by atoms with Gasteiger partial charge in [0, 0.05) is 12.7 Å². The second-order valence-corrected chi connectivity index (χ2v) is 6.36. The van der Waals surface area contributed by atoms with Crippen LogP contribution < -0.4 is 0 Å². The Kier molecular flexibility index (Phi) is 3.48. The van der Waals surface area contributed by atoms with Gasteiger partial charge in [-0.3, -0.25) is 0 Å². The summed E-state index contributed by atoms with van der Waals surface area (Å²) in [6, 6.07) is 2.09. The standard InChI is InChI=1S/C15H20ClN3/c1-10-7-13-15(17-8-10)19(14(18-13)11(2)16)9-12-5-3-4-6-12/h7-8,11-12H,3-6,9H2,1-2H3. The van der Waals surface area contributed by atoms with Crippen LogP contribution in [0, 0.1) is 12.8 Å². The number of pyridine rings is 1. The Balaban J connectivity index is 2.05. The van der Waals surface area contributed by atoms with Crippen LogP contribution in [0.25, 0.3) is 11.2 Å². The van der Waals surface area contributed by atoms with Crippen molar-refractivity contribution in [2.75, 3.05) is 0 Å². The third-order valence-electron chi connectivity index (χ3n) is 4.02. The maximum absolute atomic E-state index is 6.29. The summed E-state index contributed by atoms with van der Waals surface area (Å²) in [6.45, 7) is 5.05. The van der Waals surface area contributed by atoms with Crippen LogP contribution in [-0.4, -0.2) is 14.5 Å². The second kappa shape index (κ2) is 5.12. The lowest BCUT2D eigenvalue weighted by Crippen LogP contribution is -2.11. The minimum Gasteiger partial charge on any atom is -0.311 e. The molecule has 2 aromatic rings. The van der Waals surface area contributed by atoms with Crippen LogP contribution in [0.1, 0.15) is 49.4 Å². The zero-order valence-electron chi connectivity index (χ0n) is 11.6. The SMILES string of the molecule is Cc1cnc2c(c1)nc(C(C)Cl)n2CC1CCCC1. The number of halogens is 1. The molecule has 0 N–H and O–H groups in total. The van der Waals surface area contributed by atoms with Gasteiger partial charge in [0.15, 0.2) is 5.65 Å². The Morgan fingerprint density at radius 3 is 2.84 bits per heavy atom. The van der Waals surface area contributed by atoms with Gasteiger partial charge >= 0.3 is 0 Å². The first-order valence-corrected chi connectivity index (χ1v) is 7.55. The lowest BCUT2D eigenvalue weighted by Gasteiger charge is -2.14. The van der Waals surface area contributed by atoms with E-state index >= 15 is 0 Å². The second-order valence-electron chi connectivity index (χ2n) is 5.70. The van der Waals surface area contributed by atoms with E-state index in [4.69, 9.17) is 11.6 Å². The highest BCUT2D eigenvalue weighted by atomic mass is 35.5. The average molecular weight is 278 g/mol. The minimum absolute atomic E-state index is 0.0732. The molecule has 1 unspecified atom stereocenters. The molecular formula is C15H20ClN3. The van der Waals surface area contributed by atoms with E-state index in [-0.39, 0.29) is 5.38 Å². The molecule has 0 radical (unpaired) electrons. The highest BCUT2D eigenvalue weighted by Gasteiger charge is 2.21. The van der Waals surface area contributed by atoms with Gasteiger partial charge in [-0.2, -0.15) is 0 Å². The summed E-state index contributed by atoms with van der Waals surface area (Å²) in [5.74, 6) is 1.72. The molecule has 0 bridgehead atoms. The van der Waals surface area contributed by atoms with Gasteiger partial charge in [-0.15, -0.1) is 11.6 Å². The molecule has 3 nitrogen and oxygen atoms in total. The predicted molar refractivity (Wildman–Crippen MR) is 78.5 cm³/mol. The van der Waals surface area contributed by atoms with Gasteiger partial charge in [-0.25, -0.2) is 9.97 Å². The van der Waals surface area contributed by atoms with Crippen molar-refractivity contribution in [1.82, 2.24) is 14.5 Å². The van der Waals surface area contributed by atoms with Crippen LogP contribution in [0.3, 0.4) is 0 Å². The molecule has 2 heterocycles.